The van der Waals surface area contributed by atoms with Gasteiger partial charge in [0.1, 0.15) is 5.69 Å². The van der Waals surface area contributed by atoms with Crippen LogP contribution in [0.5, 0.6) is 0 Å². The van der Waals surface area contributed by atoms with E-state index in [-0.39, 0.29) is 0 Å². The molecular formula is C11H17N3O. The Hall–Kier alpha value is -1.16. The molecule has 1 aliphatic rings. The maximum absolute atomic E-state index is 10.6. The largest absolute Gasteiger partial charge is 0.328 e. The Kier molecular flexibility index (Phi) is 3.50. The van der Waals surface area contributed by atoms with Crippen molar-refractivity contribution >= 4 is 6.29 Å². The standard InChI is InChI=1S/C11H17N3O/c15-9-11-8-12-10-14(11)7-3-6-13-4-1-2-5-13/h8-10H,1-7H2. The fourth-order valence-electron chi connectivity index (χ4n) is 2.09. The molecule has 0 N–H and O–H groups in total. The summed E-state index contributed by atoms with van der Waals surface area (Å²) in [5.74, 6) is 0. The molecule has 4 heteroatoms. The summed E-state index contributed by atoms with van der Waals surface area (Å²) in [6.07, 6.45) is 7.98. The van der Waals surface area contributed by atoms with E-state index in [1.807, 2.05) is 4.57 Å². The van der Waals surface area contributed by atoms with Gasteiger partial charge in [-0.15, -0.1) is 0 Å². The zero-order valence-electron chi connectivity index (χ0n) is 8.93. The molecule has 0 unspecified atom stereocenters. The highest BCUT2D eigenvalue weighted by Crippen LogP contribution is 2.08. The lowest BCUT2D eigenvalue weighted by Gasteiger charge is -2.14. The van der Waals surface area contributed by atoms with Gasteiger partial charge >= 0.3 is 0 Å². The van der Waals surface area contributed by atoms with Crippen molar-refractivity contribution in [2.75, 3.05) is 19.6 Å². The van der Waals surface area contributed by atoms with E-state index >= 15 is 0 Å². The average molecular weight is 207 g/mol. The molecule has 15 heavy (non-hydrogen) atoms. The molecule has 2 heterocycles. The predicted molar refractivity (Wildman–Crippen MR) is 57.9 cm³/mol. The Bertz CT molecular complexity index is 315. The molecule has 1 saturated heterocycles. The van der Waals surface area contributed by atoms with E-state index in [4.69, 9.17) is 0 Å². The Labute approximate surface area is 89.9 Å². The van der Waals surface area contributed by atoms with Crippen molar-refractivity contribution in [2.45, 2.75) is 25.8 Å². The lowest BCUT2D eigenvalue weighted by atomic mass is 10.3. The number of rotatable bonds is 5. The quantitative estimate of drug-likeness (QED) is 0.680. The molecule has 1 fully saturated rings. The number of aldehydes is 1. The maximum atomic E-state index is 10.6. The Balaban J connectivity index is 1.75. The molecular weight excluding hydrogens is 190 g/mol. The number of aromatic nitrogens is 2. The summed E-state index contributed by atoms with van der Waals surface area (Å²) < 4.78 is 1.92. The Morgan fingerprint density at radius 1 is 1.33 bits per heavy atom. The number of carbonyl (C=O) groups is 1. The second-order valence-electron chi connectivity index (χ2n) is 4.03. The summed E-state index contributed by atoms with van der Waals surface area (Å²) >= 11 is 0. The third-order valence-electron chi connectivity index (χ3n) is 2.94. The average Bonchev–Trinajstić information content (AvgIpc) is 2.88. The molecule has 2 rings (SSSR count). The van der Waals surface area contributed by atoms with Crippen LogP contribution in [0.25, 0.3) is 0 Å². The van der Waals surface area contributed by atoms with E-state index in [0.29, 0.717) is 5.69 Å². The molecule has 0 saturated carbocycles. The Morgan fingerprint density at radius 2 is 2.13 bits per heavy atom. The van der Waals surface area contributed by atoms with Gasteiger partial charge in [0.05, 0.1) is 12.5 Å². The minimum absolute atomic E-state index is 0.677. The fraction of sp³-hybridized carbons (Fsp3) is 0.636. The van der Waals surface area contributed by atoms with Gasteiger partial charge in [-0.3, -0.25) is 4.79 Å². The minimum Gasteiger partial charge on any atom is -0.328 e. The fourth-order valence-corrected chi connectivity index (χ4v) is 2.09. The maximum Gasteiger partial charge on any atom is 0.168 e. The van der Waals surface area contributed by atoms with Crippen LogP contribution in [0, 0.1) is 0 Å². The zero-order chi connectivity index (χ0) is 10.5. The van der Waals surface area contributed by atoms with Crippen molar-refractivity contribution in [3.8, 4) is 0 Å². The molecule has 0 spiro atoms. The van der Waals surface area contributed by atoms with Crippen LogP contribution < -0.4 is 0 Å². The highest BCUT2D eigenvalue weighted by Gasteiger charge is 2.10. The minimum atomic E-state index is 0.677. The molecule has 1 aromatic heterocycles. The monoisotopic (exact) mass is 207 g/mol. The van der Waals surface area contributed by atoms with E-state index in [9.17, 15) is 4.79 Å². The van der Waals surface area contributed by atoms with Crippen LogP contribution in [0.15, 0.2) is 12.5 Å². The highest BCUT2D eigenvalue weighted by molar-refractivity contribution is 5.71. The smallest absolute Gasteiger partial charge is 0.168 e. The van der Waals surface area contributed by atoms with Crippen LogP contribution in [-0.4, -0.2) is 40.4 Å². The third-order valence-corrected chi connectivity index (χ3v) is 2.94. The summed E-state index contributed by atoms with van der Waals surface area (Å²) in [5.41, 5.74) is 0.677. The molecule has 0 bridgehead atoms. The number of likely N-dealkylation sites (tertiary alicyclic amines) is 1. The first-order valence-electron chi connectivity index (χ1n) is 5.58. The molecule has 1 aromatic rings. The van der Waals surface area contributed by atoms with E-state index in [1.54, 1.807) is 12.5 Å². The lowest BCUT2D eigenvalue weighted by molar-refractivity contribution is 0.111. The molecule has 0 aromatic carbocycles. The van der Waals surface area contributed by atoms with Crippen molar-refractivity contribution in [1.29, 1.82) is 0 Å². The number of aryl methyl sites for hydroxylation is 1. The van der Waals surface area contributed by atoms with Crippen LogP contribution in [0.2, 0.25) is 0 Å². The summed E-state index contributed by atoms with van der Waals surface area (Å²) in [6, 6.07) is 0. The van der Waals surface area contributed by atoms with Gasteiger partial charge in [-0.05, 0) is 38.9 Å². The van der Waals surface area contributed by atoms with Gasteiger partial charge in [-0.2, -0.15) is 0 Å². The van der Waals surface area contributed by atoms with Crippen LogP contribution in [0.4, 0.5) is 0 Å². The van der Waals surface area contributed by atoms with Crippen LogP contribution in [-0.2, 0) is 6.54 Å². The van der Waals surface area contributed by atoms with E-state index in [2.05, 4.69) is 9.88 Å². The van der Waals surface area contributed by atoms with Crippen molar-refractivity contribution in [3.63, 3.8) is 0 Å². The van der Waals surface area contributed by atoms with E-state index in [0.717, 1.165) is 25.8 Å². The highest BCUT2D eigenvalue weighted by atomic mass is 16.1. The second kappa shape index (κ2) is 5.07. The van der Waals surface area contributed by atoms with Crippen LogP contribution >= 0.6 is 0 Å². The summed E-state index contributed by atoms with van der Waals surface area (Å²) in [4.78, 5) is 17.1. The zero-order valence-corrected chi connectivity index (χ0v) is 8.93. The number of carbonyl (C=O) groups excluding carboxylic acids is 1. The van der Waals surface area contributed by atoms with Crippen molar-refractivity contribution in [3.05, 3.63) is 18.2 Å². The first-order chi connectivity index (χ1) is 7.40. The number of hydrogen-bond acceptors (Lipinski definition) is 3. The first-order valence-corrected chi connectivity index (χ1v) is 5.58. The third kappa shape index (κ3) is 2.65. The van der Waals surface area contributed by atoms with Crippen molar-refractivity contribution in [1.82, 2.24) is 14.5 Å². The molecule has 1 aliphatic heterocycles. The molecule has 4 nitrogen and oxygen atoms in total. The van der Waals surface area contributed by atoms with Crippen LogP contribution in [0.3, 0.4) is 0 Å². The van der Waals surface area contributed by atoms with Crippen molar-refractivity contribution < 1.29 is 4.79 Å². The number of hydrogen-bond donors (Lipinski definition) is 0. The molecule has 0 amide bonds. The van der Waals surface area contributed by atoms with Gasteiger partial charge in [0, 0.05) is 6.54 Å². The normalized spacial score (nSPS) is 17.1. The van der Waals surface area contributed by atoms with Gasteiger partial charge in [0.15, 0.2) is 6.29 Å². The van der Waals surface area contributed by atoms with Gasteiger partial charge < -0.3 is 9.47 Å². The van der Waals surface area contributed by atoms with Gasteiger partial charge in [-0.25, -0.2) is 4.98 Å². The van der Waals surface area contributed by atoms with E-state index in [1.165, 1.54) is 25.9 Å². The molecule has 0 radical (unpaired) electrons. The summed E-state index contributed by atoms with van der Waals surface area (Å²) in [5, 5.41) is 0. The molecule has 82 valence electrons. The van der Waals surface area contributed by atoms with Crippen molar-refractivity contribution in [2.24, 2.45) is 0 Å². The van der Waals surface area contributed by atoms with Gasteiger partial charge in [0.25, 0.3) is 0 Å². The van der Waals surface area contributed by atoms with Gasteiger partial charge in [0.2, 0.25) is 0 Å². The number of nitrogens with zero attached hydrogens (tertiary/aromatic N) is 3. The predicted octanol–water partition coefficient (Wildman–Crippen LogP) is 1.18. The van der Waals surface area contributed by atoms with Crippen LogP contribution in [0.1, 0.15) is 29.8 Å². The molecule has 0 atom stereocenters. The number of imidazole rings is 1. The summed E-state index contributed by atoms with van der Waals surface area (Å²) in [7, 11) is 0. The summed E-state index contributed by atoms with van der Waals surface area (Å²) in [6.45, 7) is 4.51. The topological polar surface area (TPSA) is 38.1 Å². The SMILES string of the molecule is O=Cc1cncn1CCCN1CCCC1. The lowest BCUT2D eigenvalue weighted by Crippen LogP contribution is -2.21. The van der Waals surface area contributed by atoms with Gasteiger partial charge in [-0.1, -0.05) is 0 Å². The first kappa shape index (κ1) is 10.4. The Morgan fingerprint density at radius 3 is 2.87 bits per heavy atom. The second-order valence-corrected chi connectivity index (χ2v) is 4.03. The molecule has 0 aliphatic carbocycles. The van der Waals surface area contributed by atoms with E-state index < -0.39 is 0 Å².